The number of carbonyl (C=O) groups is 1. The van der Waals surface area contributed by atoms with Crippen LogP contribution in [0.5, 0.6) is 0 Å². The zero-order valence-corrected chi connectivity index (χ0v) is 6.09. The minimum atomic E-state index is -1.00. The van der Waals surface area contributed by atoms with Crippen LogP contribution in [0.1, 0.15) is 15.9 Å². The molecule has 1 radical (unpaired) electrons. The first-order valence-electron chi connectivity index (χ1n) is 3.13. The number of nitrogens with two attached hydrogens (primary N) is 1. The maximum absolute atomic E-state index is 10.5. The number of rotatable bonds is 1. The van der Waals surface area contributed by atoms with Crippen molar-refractivity contribution in [3.63, 3.8) is 0 Å². The average molecular weight is 150 g/mol. The third-order valence-electron chi connectivity index (χ3n) is 1.45. The highest BCUT2D eigenvalue weighted by atomic mass is 16.4. The van der Waals surface area contributed by atoms with E-state index in [1.807, 2.05) is 0 Å². The molecule has 0 aromatic heterocycles. The lowest BCUT2D eigenvalue weighted by Gasteiger charge is -2.01. The molecule has 0 spiro atoms. The van der Waals surface area contributed by atoms with E-state index >= 15 is 0 Å². The van der Waals surface area contributed by atoms with Crippen LogP contribution in [0.15, 0.2) is 12.1 Å². The maximum atomic E-state index is 10.5. The number of aromatic carboxylic acids is 1. The van der Waals surface area contributed by atoms with Crippen LogP contribution in [0.2, 0.25) is 0 Å². The van der Waals surface area contributed by atoms with Gasteiger partial charge < -0.3 is 10.8 Å². The topological polar surface area (TPSA) is 63.3 Å². The van der Waals surface area contributed by atoms with Gasteiger partial charge in [-0.15, -0.1) is 0 Å². The van der Waals surface area contributed by atoms with Gasteiger partial charge in [0.05, 0.1) is 11.3 Å². The first kappa shape index (κ1) is 7.60. The van der Waals surface area contributed by atoms with E-state index in [0.717, 1.165) is 0 Å². The zero-order valence-electron chi connectivity index (χ0n) is 6.09. The van der Waals surface area contributed by atoms with Crippen LogP contribution in [0.3, 0.4) is 0 Å². The van der Waals surface area contributed by atoms with E-state index in [1.165, 1.54) is 0 Å². The molecule has 0 fully saturated rings. The number of carboxylic acid groups (broad SMARTS) is 1. The Morgan fingerprint density at radius 1 is 1.73 bits per heavy atom. The molecule has 0 heterocycles. The van der Waals surface area contributed by atoms with Gasteiger partial charge in [0.2, 0.25) is 0 Å². The molecule has 0 aliphatic rings. The molecule has 0 unspecified atom stereocenters. The first-order valence-corrected chi connectivity index (χ1v) is 3.13. The molecular weight excluding hydrogens is 142 g/mol. The molecule has 11 heavy (non-hydrogen) atoms. The van der Waals surface area contributed by atoms with E-state index in [-0.39, 0.29) is 11.3 Å². The largest absolute Gasteiger partial charge is 0.478 e. The van der Waals surface area contributed by atoms with Crippen LogP contribution >= 0.6 is 0 Å². The second-order valence-electron chi connectivity index (χ2n) is 2.25. The molecule has 0 saturated carbocycles. The van der Waals surface area contributed by atoms with Crippen LogP contribution in [-0.4, -0.2) is 11.1 Å². The number of nitrogen functional groups attached to an aromatic ring is 1. The Morgan fingerprint density at radius 2 is 2.36 bits per heavy atom. The summed E-state index contributed by atoms with van der Waals surface area (Å²) >= 11 is 0. The van der Waals surface area contributed by atoms with Gasteiger partial charge in [0.25, 0.3) is 0 Å². The van der Waals surface area contributed by atoms with Crippen LogP contribution in [-0.2, 0) is 0 Å². The molecule has 1 aromatic rings. The smallest absolute Gasteiger partial charge is 0.338 e. The molecule has 0 atom stereocenters. The Bertz CT molecular complexity index is 274. The number of anilines is 1. The maximum Gasteiger partial charge on any atom is 0.338 e. The van der Waals surface area contributed by atoms with E-state index < -0.39 is 5.97 Å². The monoisotopic (exact) mass is 150 g/mol. The van der Waals surface area contributed by atoms with Gasteiger partial charge in [0.15, 0.2) is 0 Å². The van der Waals surface area contributed by atoms with E-state index in [9.17, 15) is 4.79 Å². The first-order chi connectivity index (χ1) is 5.13. The molecule has 57 valence electrons. The predicted octanol–water partition coefficient (Wildman–Crippen LogP) is 1.08. The van der Waals surface area contributed by atoms with Gasteiger partial charge in [-0.25, -0.2) is 4.79 Å². The Balaban J connectivity index is 3.32. The summed E-state index contributed by atoms with van der Waals surface area (Å²) in [6.07, 6.45) is 0. The Kier molecular flexibility index (Phi) is 1.81. The van der Waals surface area contributed by atoms with Crippen molar-refractivity contribution < 1.29 is 9.90 Å². The highest BCUT2D eigenvalue weighted by Crippen LogP contribution is 2.14. The van der Waals surface area contributed by atoms with Crippen molar-refractivity contribution in [2.75, 3.05) is 5.73 Å². The molecule has 1 rings (SSSR count). The predicted molar refractivity (Wildman–Crippen MR) is 41.4 cm³/mol. The van der Waals surface area contributed by atoms with Crippen LogP contribution in [0.25, 0.3) is 0 Å². The number of hydrogen-bond acceptors (Lipinski definition) is 2. The van der Waals surface area contributed by atoms with Crippen molar-refractivity contribution in [2.45, 2.75) is 6.92 Å². The van der Waals surface area contributed by atoms with Crippen LogP contribution in [0.4, 0.5) is 5.69 Å². The summed E-state index contributed by atoms with van der Waals surface area (Å²) in [7, 11) is 0. The molecule has 3 N–H and O–H groups in total. The molecule has 0 bridgehead atoms. The van der Waals surface area contributed by atoms with Crippen molar-refractivity contribution in [1.82, 2.24) is 0 Å². The van der Waals surface area contributed by atoms with Gasteiger partial charge in [-0.3, -0.25) is 0 Å². The summed E-state index contributed by atoms with van der Waals surface area (Å²) in [6, 6.07) is 5.89. The second kappa shape index (κ2) is 2.62. The summed E-state index contributed by atoms with van der Waals surface area (Å²) in [5.74, 6) is -1.00. The Labute approximate surface area is 64.5 Å². The normalized spacial score (nSPS) is 9.55. The summed E-state index contributed by atoms with van der Waals surface area (Å²) < 4.78 is 0. The summed E-state index contributed by atoms with van der Waals surface area (Å²) in [5, 5.41) is 8.65. The van der Waals surface area contributed by atoms with Gasteiger partial charge >= 0.3 is 5.97 Å². The van der Waals surface area contributed by atoms with Crippen molar-refractivity contribution in [2.24, 2.45) is 0 Å². The summed E-state index contributed by atoms with van der Waals surface area (Å²) in [6.45, 7) is 1.70. The SMILES string of the molecule is Cc1cc[c]c(N)c1C(=O)O. The number of carboxylic acids is 1. The van der Waals surface area contributed by atoms with Gasteiger partial charge in [0, 0.05) is 6.07 Å². The molecule has 0 aliphatic carbocycles. The minimum Gasteiger partial charge on any atom is -0.478 e. The summed E-state index contributed by atoms with van der Waals surface area (Å²) in [5.41, 5.74) is 6.38. The van der Waals surface area contributed by atoms with E-state index in [4.69, 9.17) is 10.8 Å². The molecule has 1 aromatic carbocycles. The summed E-state index contributed by atoms with van der Waals surface area (Å²) in [4.78, 5) is 10.5. The average Bonchev–Trinajstić information content (AvgIpc) is 1.85. The zero-order chi connectivity index (χ0) is 8.43. The lowest BCUT2D eigenvalue weighted by Crippen LogP contribution is -2.04. The fraction of sp³-hybridized carbons (Fsp3) is 0.125. The fourth-order valence-electron chi connectivity index (χ4n) is 0.908. The van der Waals surface area contributed by atoms with Gasteiger partial charge in [0.1, 0.15) is 0 Å². The highest BCUT2D eigenvalue weighted by molar-refractivity contribution is 5.94. The highest BCUT2D eigenvalue weighted by Gasteiger charge is 2.09. The molecule has 3 heteroatoms. The quantitative estimate of drug-likeness (QED) is 0.588. The van der Waals surface area contributed by atoms with E-state index in [0.29, 0.717) is 5.56 Å². The standard InChI is InChI=1S/C8H8NO2/c1-5-3-2-4-6(9)7(5)8(10)11/h2-3H,9H2,1H3,(H,10,11). The fourth-order valence-corrected chi connectivity index (χ4v) is 0.908. The minimum absolute atomic E-state index is 0.146. The molecular formula is C8H8NO2. The van der Waals surface area contributed by atoms with Crippen LogP contribution in [0, 0.1) is 13.0 Å². The van der Waals surface area contributed by atoms with Gasteiger partial charge in [-0.2, -0.15) is 0 Å². The van der Waals surface area contributed by atoms with Crippen molar-refractivity contribution >= 4 is 11.7 Å². The molecule has 3 nitrogen and oxygen atoms in total. The Hall–Kier alpha value is -1.51. The van der Waals surface area contributed by atoms with Gasteiger partial charge in [-0.05, 0) is 12.5 Å². The number of benzene rings is 1. The molecule has 0 aliphatic heterocycles. The van der Waals surface area contributed by atoms with Crippen LogP contribution < -0.4 is 5.73 Å². The van der Waals surface area contributed by atoms with Gasteiger partial charge in [-0.1, -0.05) is 12.1 Å². The lowest BCUT2D eigenvalue weighted by molar-refractivity contribution is 0.0697. The second-order valence-corrected chi connectivity index (χ2v) is 2.25. The van der Waals surface area contributed by atoms with E-state index in [1.54, 1.807) is 19.1 Å². The Morgan fingerprint density at radius 3 is 2.73 bits per heavy atom. The third-order valence-corrected chi connectivity index (χ3v) is 1.45. The van der Waals surface area contributed by atoms with Crippen molar-refractivity contribution in [3.8, 4) is 0 Å². The number of aryl methyl sites for hydroxylation is 1. The molecule has 0 amide bonds. The number of hydrogen-bond donors (Lipinski definition) is 2. The molecule has 0 saturated heterocycles. The van der Waals surface area contributed by atoms with Crippen molar-refractivity contribution in [3.05, 3.63) is 29.3 Å². The lowest BCUT2D eigenvalue weighted by atomic mass is 10.1. The van der Waals surface area contributed by atoms with Crippen molar-refractivity contribution in [1.29, 1.82) is 0 Å². The van der Waals surface area contributed by atoms with E-state index in [2.05, 4.69) is 6.07 Å². The third kappa shape index (κ3) is 1.32.